The van der Waals surface area contributed by atoms with Crippen molar-refractivity contribution in [3.05, 3.63) is 64.2 Å². The van der Waals surface area contributed by atoms with E-state index >= 15 is 0 Å². The van der Waals surface area contributed by atoms with E-state index in [1.165, 1.54) is 17.8 Å². The Labute approximate surface area is 163 Å². The molecule has 1 amide bonds. The Bertz CT molecular complexity index is 817. The van der Waals surface area contributed by atoms with E-state index in [2.05, 4.69) is 27.2 Å². The van der Waals surface area contributed by atoms with Crippen LogP contribution in [0.1, 0.15) is 10.4 Å². The number of nitrogens with one attached hydrogen (secondary N) is 1. The number of methoxy groups -OCH3 is 1. The van der Waals surface area contributed by atoms with Gasteiger partial charge in [0, 0.05) is 51.0 Å². The Morgan fingerprint density at radius 2 is 1.79 bits per heavy atom. The second-order valence-corrected chi connectivity index (χ2v) is 6.56. The van der Waals surface area contributed by atoms with Crippen molar-refractivity contribution in [1.82, 2.24) is 10.2 Å². The molecular formula is C20H24N4O4. The van der Waals surface area contributed by atoms with Crippen LogP contribution in [-0.4, -0.2) is 62.1 Å². The molecule has 0 unspecified atom stereocenters. The van der Waals surface area contributed by atoms with Crippen LogP contribution >= 0.6 is 0 Å². The van der Waals surface area contributed by atoms with Crippen molar-refractivity contribution in [2.45, 2.75) is 0 Å². The number of nitrogens with zero attached hydrogens (tertiary/aromatic N) is 3. The number of para-hydroxylation sites is 1. The van der Waals surface area contributed by atoms with Crippen molar-refractivity contribution < 1.29 is 14.5 Å². The Hall–Kier alpha value is -3.13. The molecule has 2 aromatic carbocycles. The first-order valence-corrected chi connectivity index (χ1v) is 9.21. The first kappa shape index (κ1) is 19.6. The van der Waals surface area contributed by atoms with Gasteiger partial charge in [0.05, 0.1) is 12.0 Å². The number of hydrogen-bond acceptors (Lipinski definition) is 6. The number of nitro benzene ring substituents is 1. The van der Waals surface area contributed by atoms with Crippen molar-refractivity contribution in [2.24, 2.45) is 0 Å². The van der Waals surface area contributed by atoms with Gasteiger partial charge < -0.3 is 15.0 Å². The summed E-state index contributed by atoms with van der Waals surface area (Å²) in [7, 11) is 1.66. The number of piperazine rings is 1. The Balaban J connectivity index is 1.44. The SMILES string of the molecule is COc1ccc(N2CCN(CCNC(=O)c3ccccc3[N+](=O)[O-])CC2)cc1. The van der Waals surface area contributed by atoms with Crippen LogP contribution in [0.15, 0.2) is 48.5 Å². The number of carbonyl (C=O) groups is 1. The number of hydrogen-bond donors (Lipinski definition) is 1. The van der Waals surface area contributed by atoms with Crippen molar-refractivity contribution in [3.63, 3.8) is 0 Å². The highest BCUT2D eigenvalue weighted by atomic mass is 16.6. The molecule has 0 saturated carbocycles. The van der Waals surface area contributed by atoms with Gasteiger partial charge in [-0.25, -0.2) is 0 Å². The monoisotopic (exact) mass is 384 g/mol. The zero-order valence-electron chi connectivity index (χ0n) is 15.8. The van der Waals surface area contributed by atoms with E-state index < -0.39 is 10.8 Å². The first-order valence-electron chi connectivity index (χ1n) is 9.21. The van der Waals surface area contributed by atoms with Crippen LogP contribution in [0.3, 0.4) is 0 Å². The molecule has 0 atom stereocenters. The maximum absolute atomic E-state index is 12.2. The minimum Gasteiger partial charge on any atom is -0.497 e. The molecular weight excluding hydrogens is 360 g/mol. The van der Waals surface area contributed by atoms with Gasteiger partial charge >= 0.3 is 0 Å². The summed E-state index contributed by atoms with van der Waals surface area (Å²) in [6.07, 6.45) is 0. The van der Waals surface area contributed by atoms with Gasteiger partial charge in [-0.15, -0.1) is 0 Å². The highest BCUT2D eigenvalue weighted by Crippen LogP contribution is 2.20. The van der Waals surface area contributed by atoms with Gasteiger partial charge in [-0.2, -0.15) is 0 Å². The molecule has 8 nitrogen and oxygen atoms in total. The van der Waals surface area contributed by atoms with Crippen LogP contribution in [0.25, 0.3) is 0 Å². The van der Waals surface area contributed by atoms with Crippen molar-refractivity contribution in [1.29, 1.82) is 0 Å². The normalized spacial score (nSPS) is 14.5. The predicted octanol–water partition coefficient (Wildman–Crippen LogP) is 2.16. The van der Waals surface area contributed by atoms with Crippen LogP contribution in [0.2, 0.25) is 0 Å². The summed E-state index contributed by atoms with van der Waals surface area (Å²) in [4.78, 5) is 27.3. The summed E-state index contributed by atoms with van der Waals surface area (Å²) in [5, 5.41) is 13.8. The summed E-state index contributed by atoms with van der Waals surface area (Å²) in [6.45, 7) is 4.77. The van der Waals surface area contributed by atoms with E-state index in [0.29, 0.717) is 13.1 Å². The topological polar surface area (TPSA) is 88.0 Å². The molecule has 1 aliphatic heterocycles. The number of carbonyl (C=O) groups excluding carboxylic acids is 1. The molecule has 28 heavy (non-hydrogen) atoms. The Kier molecular flexibility index (Phi) is 6.44. The number of anilines is 1. The molecule has 0 aromatic heterocycles. The molecule has 148 valence electrons. The third-order valence-corrected chi connectivity index (χ3v) is 4.87. The minimum atomic E-state index is -0.534. The van der Waals surface area contributed by atoms with Crippen LogP contribution < -0.4 is 15.0 Å². The van der Waals surface area contributed by atoms with E-state index in [-0.39, 0.29) is 11.3 Å². The molecule has 0 spiro atoms. The molecule has 2 aromatic rings. The number of ether oxygens (including phenoxy) is 1. The third-order valence-electron chi connectivity index (χ3n) is 4.87. The molecule has 1 aliphatic rings. The van der Waals surface area contributed by atoms with Crippen molar-refractivity contribution in [2.75, 3.05) is 51.3 Å². The molecule has 8 heteroatoms. The van der Waals surface area contributed by atoms with Crippen LogP contribution in [0, 0.1) is 10.1 Å². The summed E-state index contributed by atoms with van der Waals surface area (Å²) >= 11 is 0. The molecule has 1 N–H and O–H groups in total. The van der Waals surface area contributed by atoms with Crippen LogP contribution in [0.4, 0.5) is 11.4 Å². The fraction of sp³-hybridized carbons (Fsp3) is 0.350. The molecule has 0 radical (unpaired) electrons. The predicted molar refractivity (Wildman–Crippen MR) is 107 cm³/mol. The van der Waals surface area contributed by atoms with Crippen molar-refractivity contribution in [3.8, 4) is 5.75 Å². The number of amides is 1. The Morgan fingerprint density at radius 3 is 2.43 bits per heavy atom. The maximum atomic E-state index is 12.2. The van der Waals surface area contributed by atoms with Crippen LogP contribution in [0.5, 0.6) is 5.75 Å². The third kappa shape index (κ3) is 4.77. The van der Waals surface area contributed by atoms with Gasteiger partial charge in [-0.3, -0.25) is 19.8 Å². The lowest BCUT2D eigenvalue weighted by molar-refractivity contribution is -0.385. The maximum Gasteiger partial charge on any atom is 0.282 e. The largest absolute Gasteiger partial charge is 0.497 e. The number of rotatable bonds is 7. The standard InChI is InChI=1S/C20H24N4O4/c1-28-17-8-6-16(7-9-17)23-14-12-22(13-15-23)11-10-21-20(25)18-4-2-3-5-19(18)24(26)27/h2-9H,10-15H2,1H3,(H,21,25). The van der Waals surface area contributed by atoms with E-state index in [9.17, 15) is 14.9 Å². The molecule has 3 rings (SSSR count). The van der Waals surface area contributed by atoms with Gasteiger partial charge in [-0.05, 0) is 30.3 Å². The number of nitro groups is 1. The van der Waals surface area contributed by atoms with E-state index in [4.69, 9.17) is 4.74 Å². The van der Waals surface area contributed by atoms with Crippen molar-refractivity contribution >= 4 is 17.3 Å². The summed E-state index contributed by atoms with van der Waals surface area (Å²) in [5.74, 6) is 0.431. The lowest BCUT2D eigenvalue weighted by Gasteiger charge is -2.36. The van der Waals surface area contributed by atoms with Crippen LogP contribution in [-0.2, 0) is 0 Å². The number of benzene rings is 2. The first-order chi connectivity index (χ1) is 13.6. The Morgan fingerprint density at radius 1 is 1.11 bits per heavy atom. The lowest BCUT2D eigenvalue weighted by Crippen LogP contribution is -2.48. The van der Waals surface area contributed by atoms with E-state index in [0.717, 1.165) is 31.9 Å². The molecule has 0 bridgehead atoms. The van der Waals surface area contributed by atoms with Gasteiger partial charge in [0.1, 0.15) is 11.3 Å². The average molecular weight is 384 g/mol. The highest BCUT2D eigenvalue weighted by molar-refractivity contribution is 5.98. The molecule has 0 aliphatic carbocycles. The molecule has 1 heterocycles. The quantitative estimate of drug-likeness (QED) is 0.581. The van der Waals surface area contributed by atoms with E-state index in [1.54, 1.807) is 19.2 Å². The average Bonchev–Trinajstić information content (AvgIpc) is 2.74. The molecule has 1 fully saturated rings. The van der Waals surface area contributed by atoms with E-state index in [1.807, 2.05) is 12.1 Å². The zero-order chi connectivity index (χ0) is 19.9. The smallest absolute Gasteiger partial charge is 0.282 e. The zero-order valence-corrected chi connectivity index (χ0v) is 15.8. The highest BCUT2D eigenvalue weighted by Gasteiger charge is 2.20. The van der Waals surface area contributed by atoms with Gasteiger partial charge in [0.15, 0.2) is 0 Å². The van der Waals surface area contributed by atoms with Gasteiger partial charge in [-0.1, -0.05) is 12.1 Å². The second-order valence-electron chi connectivity index (χ2n) is 6.56. The molecule has 1 saturated heterocycles. The summed E-state index contributed by atoms with van der Waals surface area (Å²) < 4.78 is 5.19. The minimum absolute atomic E-state index is 0.0943. The van der Waals surface area contributed by atoms with Gasteiger partial charge in [0.2, 0.25) is 0 Å². The fourth-order valence-electron chi connectivity index (χ4n) is 3.27. The second kappa shape index (κ2) is 9.18. The van der Waals surface area contributed by atoms with Gasteiger partial charge in [0.25, 0.3) is 11.6 Å². The lowest BCUT2D eigenvalue weighted by atomic mass is 10.1. The summed E-state index contributed by atoms with van der Waals surface area (Å²) in [6, 6.07) is 14.0. The summed E-state index contributed by atoms with van der Waals surface area (Å²) in [5.41, 5.74) is 1.09. The fourth-order valence-corrected chi connectivity index (χ4v) is 3.27.